The minimum atomic E-state index is 0.0579. The fourth-order valence-corrected chi connectivity index (χ4v) is 2.67. The van der Waals surface area contributed by atoms with Crippen molar-refractivity contribution >= 4 is 0 Å². The first-order valence-corrected chi connectivity index (χ1v) is 6.23. The zero-order chi connectivity index (χ0) is 12.3. The Hall–Kier alpha value is -1.22. The van der Waals surface area contributed by atoms with Crippen LogP contribution in [0.15, 0.2) is 18.2 Å². The Balaban J connectivity index is 2.27. The Labute approximate surface area is 103 Å². The Kier molecular flexibility index (Phi) is 3.89. The number of rotatable bonds is 4. The molecule has 0 unspecified atom stereocenters. The molecule has 1 aromatic carbocycles. The average molecular weight is 235 g/mol. The maximum absolute atomic E-state index is 6.36. The van der Waals surface area contributed by atoms with Crippen LogP contribution in [0.4, 0.5) is 0 Å². The molecule has 0 aliphatic heterocycles. The van der Waals surface area contributed by atoms with Gasteiger partial charge in [-0.2, -0.15) is 0 Å². The Morgan fingerprint density at radius 1 is 1.18 bits per heavy atom. The summed E-state index contributed by atoms with van der Waals surface area (Å²) in [6.45, 7) is 0. The molecule has 17 heavy (non-hydrogen) atoms. The van der Waals surface area contributed by atoms with Crippen LogP contribution in [0.1, 0.15) is 37.3 Å². The number of hydrogen-bond donors (Lipinski definition) is 1. The van der Waals surface area contributed by atoms with E-state index < -0.39 is 0 Å². The molecular formula is C14H21NO2. The monoisotopic (exact) mass is 235 g/mol. The van der Waals surface area contributed by atoms with Crippen molar-refractivity contribution < 1.29 is 9.47 Å². The third-order valence-corrected chi connectivity index (χ3v) is 3.70. The van der Waals surface area contributed by atoms with Crippen molar-refractivity contribution in [3.8, 4) is 11.5 Å². The fraction of sp³-hybridized carbons (Fsp3) is 0.571. The third-order valence-electron chi connectivity index (χ3n) is 3.70. The van der Waals surface area contributed by atoms with Gasteiger partial charge in [0, 0.05) is 11.6 Å². The molecule has 1 aliphatic rings. The highest BCUT2D eigenvalue weighted by Crippen LogP contribution is 2.38. The quantitative estimate of drug-likeness (QED) is 0.872. The average Bonchev–Trinajstić information content (AvgIpc) is 2.91. The van der Waals surface area contributed by atoms with Crippen LogP contribution in [0.25, 0.3) is 0 Å². The summed E-state index contributed by atoms with van der Waals surface area (Å²) in [5.41, 5.74) is 7.43. The smallest absolute Gasteiger partial charge is 0.123 e. The summed E-state index contributed by atoms with van der Waals surface area (Å²) < 4.78 is 10.6. The summed E-state index contributed by atoms with van der Waals surface area (Å²) >= 11 is 0. The van der Waals surface area contributed by atoms with E-state index >= 15 is 0 Å². The first kappa shape index (κ1) is 12.2. The van der Waals surface area contributed by atoms with Crippen molar-refractivity contribution in [2.24, 2.45) is 11.7 Å². The highest BCUT2D eigenvalue weighted by Gasteiger charge is 2.25. The molecule has 0 aromatic heterocycles. The van der Waals surface area contributed by atoms with Gasteiger partial charge in [-0.3, -0.25) is 0 Å². The molecule has 1 atom stereocenters. The van der Waals surface area contributed by atoms with E-state index in [9.17, 15) is 0 Å². The first-order chi connectivity index (χ1) is 8.26. The van der Waals surface area contributed by atoms with E-state index in [1.807, 2.05) is 18.2 Å². The van der Waals surface area contributed by atoms with E-state index in [0.29, 0.717) is 5.92 Å². The van der Waals surface area contributed by atoms with Crippen LogP contribution in [0.2, 0.25) is 0 Å². The van der Waals surface area contributed by atoms with Crippen molar-refractivity contribution in [3.63, 3.8) is 0 Å². The molecule has 1 aliphatic carbocycles. The van der Waals surface area contributed by atoms with Gasteiger partial charge in [0.1, 0.15) is 11.5 Å². The maximum Gasteiger partial charge on any atom is 0.123 e. The normalized spacial score (nSPS) is 18.1. The molecule has 0 heterocycles. The highest BCUT2D eigenvalue weighted by atomic mass is 16.5. The lowest BCUT2D eigenvalue weighted by atomic mass is 9.92. The minimum Gasteiger partial charge on any atom is -0.497 e. The van der Waals surface area contributed by atoms with Gasteiger partial charge < -0.3 is 15.2 Å². The maximum atomic E-state index is 6.36. The summed E-state index contributed by atoms with van der Waals surface area (Å²) in [5.74, 6) is 2.29. The molecule has 1 fully saturated rings. The largest absolute Gasteiger partial charge is 0.497 e. The molecule has 2 rings (SSSR count). The van der Waals surface area contributed by atoms with Crippen LogP contribution < -0.4 is 15.2 Å². The van der Waals surface area contributed by atoms with Crippen molar-refractivity contribution in [1.82, 2.24) is 0 Å². The Bertz CT molecular complexity index is 372. The lowest BCUT2D eigenvalue weighted by Gasteiger charge is -2.22. The minimum absolute atomic E-state index is 0.0579. The predicted molar refractivity (Wildman–Crippen MR) is 68.4 cm³/mol. The van der Waals surface area contributed by atoms with E-state index in [2.05, 4.69) is 0 Å². The molecule has 3 nitrogen and oxygen atoms in total. The van der Waals surface area contributed by atoms with Gasteiger partial charge in [0.15, 0.2) is 0 Å². The SMILES string of the molecule is COc1ccc(OC)c([C@H](N)C2CCCC2)c1. The first-order valence-electron chi connectivity index (χ1n) is 6.23. The van der Waals surface area contributed by atoms with Crippen molar-refractivity contribution in [3.05, 3.63) is 23.8 Å². The molecule has 0 spiro atoms. The van der Waals surface area contributed by atoms with E-state index in [1.165, 1.54) is 25.7 Å². The lowest BCUT2D eigenvalue weighted by Crippen LogP contribution is -2.19. The van der Waals surface area contributed by atoms with Gasteiger partial charge in [-0.05, 0) is 37.0 Å². The van der Waals surface area contributed by atoms with E-state index in [4.69, 9.17) is 15.2 Å². The highest BCUT2D eigenvalue weighted by molar-refractivity contribution is 5.42. The van der Waals surface area contributed by atoms with E-state index in [-0.39, 0.29) is 6.04 Å². The second kappa shape index (κ2) is 5.41. The Morgan fingerprint density at radius 2 is 1.88 bits per heavy atom. The van der Waals surface area contributed by atoms with Gasteiger partial charge in [-0.25, -0.2) is 0 Å². The van der Waals surface area contributed by atoms with Gasteiger partial charge in [0.2, 0.25) is 0 Å². The van der Waals surface area contributed by atoms with Crippen molar-refractivity contribution in [1.29, 1.82) is 0 Å². The van der Waals surface area contributed by atoms with Crippen LogP contribution in [-0.2, 0) is 0 Å². The molecule has 2 N–H and O–H groups in total. The van der Waals surface area contributed by atoms with E-state index in [0.717, 1.165) is 17.1 Å². The molecule has 0 saturated heterocycles. The van der Waals surface area contributed by atoms with Gasteiger partial charge in [-0.15, -0.1) is 0 Å². The van der Waals surface area contributed by atoms with Crippen molar-refractivity contribution in [2.75, 3.05) is 14.2 Å². The zero-order valence-electron chi connectivity index (χ0n) is 10.6. The zero-order valence-corrected chi connectivity index (χ0v) is 10.6. The standard InChI is InChI=1S/C14H21NO2/c1-16-11-7-8-13(17-2)12(9-11)14(15)10-5-3-4-6-10/h7-10,14H,3-6,15H2,1-2H3/t14-/m1/s1. The van der Waals surface area contributed by atoms with Crippen molar-refractivity contribution in [2.45, 2.75) is 31.7 Å². The molecule has 94 valence electrons. The molecule has 0 radical (unpaired) electrons. The molecule has 3 heteroatoms. The summed E-state index contributed by atoms with van der Waals surface area (Å²) in [6.07, 6.45) is 5.04. The second-order valence-corrected chi connectivity index (χ2v) is 4.68. The third kappa shape index (κ3) is 2.55. The number of benzene rings is 1. The lowest BCUT2D eigenvalue weighted by molar-refractivity contribution is 0.378. The molecule has 1 saturated carbocycles. The van der Waals surface area contributed by atoms with Crippen LogP contribution in [-0.4, -0.2) is 14.2 Å². The molecule has 0 bridgehead atoms. The fourth-order valence-electron chi connectivity index (χ4n) is 2.67. The molecular weight excluding hydrogens is 214 g/mol. The van der Waals surface area contributed by atoms with Crippen LogP contribution in [0, 0.1) is 5.92 Å². The molecule has 0 amide bonds. The van der Waals surface area contributed by atoms with E-state index in [1.54, 1.807) is 14.2 Å². The van der Waals surface area contributed by atoms with Crippen LogP contribution in [0.3, 0.4) is 0 Å². The number of ether oxygens (including phenoxy) is 2. The predicted octanol–water partition coefficient (Wildman–Crippen LogP) is 2.89. The van der Waals surface area contributed by atoms with Gasteiger partial charge in [0.05, 0.1) is 14.2 Å². The summed E-state index contributed by atoms with van der Waals surface area (Å²) in [4.78, 5) is 0. The molecule has 1 aromatic rings. The van der Waals surface area contributed by atoms with Gasteiger partial charge in [0.25, 0.3) is 0 Å². The van der Waals surface area contributed by atoms with Crippen LogP contribution in [0.5, 0.6) is 11.5 Å². The number of hydrogen-bond acceptors (Lipinski definition) is 3. The second-order valence-electron chi connectivity index (χ2n) is 4.68. The number of methoxy groups -OCH3 is 2. The topological polar surface area (TPSA) is 44.5 Å². The summed E-state index contributed by atoms with van der Waals surface area (Å²) in [6, 6.07) is 5.90. The summed E-state index contributed by atoms with van der Waals surface area (Å²) in [7, 11) is 3.36. The van der Waals surface area contributed by atoms with Gasteiger partial charge in [-0.1, -0.05) is 12.8 Å². The summed E-state index contributed by atoms with van der Waals surface area (Å²) in [5, 5.41) is 0. The van der Waals surface area contributed by atoms with Gasteiger partial charge >= 0.3 is 0 Å². The Morgan fingerprint density at radius 3 is 2.47 bits per heavy atom. The number of nitrogens with two attached hydrogens (primary N) is 1. The van der Waals surface area contributed by atoms with Crippen LogP contribution >= 0.6 is 0 Å².